The van der Waals surface area contributed by atoms with Gasteiger partial charge in [0.1, 0.15) is 5.65 Å². The van der Waals surface area contributed by atoms with Crippen LogP contribution in [0.5, 0.6) is 0 Å². The second kappa shape index (κ2) is 45.4. The van der Waals surface area contributed by atoms with Gasteiger partial charge in [0.05, 0.1) is 85.5 Å². The zero-order valence-electron chi connectivity index (χ0n) is 72.8. The number of imidazole rings is 3. The Morgan fingerprint density at radius 1 is 0.439 bits per heavy atom. The summed E-state index contributed by atoms with van der Waals surface area (Å²) in [6.07, 6.45) is 26.0. The molecule has 132 heavy (non-hydrogen) atoms. The summed E-state index contributed by atoms with van der Waals surface area (Å²) in [7, 11) is -2.27. The van der Waals surface area contributed by atoms with Crippen molar-refractivity contribution in [2.24, 2.45) is 106 Å². The van der Waals surface area contributed by atoms with E-state index in [-0.39, 0.29) is 85.8 Å². The van der Waals surface area contributed by atoms with Gasteiger partial charge in [-0.05, 0) is 285 Å². The molecule has 3 saturated heterocycles. The molecule has 684 valence electrons. The SMILES string of the molecule is CC(C)(C)[S@@](=O)N[C@@H]1c2ccccc2CC12CCN(c1ncc(Sc3cccc(N)c3Cl)c3nccn13)CC2.CC(C)(C)[S@@](=O)N[C@@H]1c2ccccc2CC12CCN(c1ncc([S-])c3nccn13)CC2.Cl.N=N/N=N/N=N/N=N/N=N/N=N/N=N/N=N/N=N.Nc1cccc(Br)c1Cl.Nc1cccc(Sc2cnc(N3CCC4(CC3)Cc3ccccc3[C@H]4N)n3ccnc23)c1Cl.[Na+]. The largest absolute Gasteiger partial charge is 1.00 e. The minimum absolute atomic E-state index is 0. The maximum absolute atomic E-state index is 13.2. The molecule has 0 amide bonds. The summed E-state index contributed by atoms with van der Waals surface area (Å²) < 4.78 is 39.7. The molecule has 3 spiro atoms. The molecule has 12 aromatic rings. The minimum atomic E-state index is -1.15. The molecule has 0 bridgehead atoms. The second-order valence-electron chi connectivity index (χ2n) is 33.3. The monoisotopic (exact) mass is 2030 g/mol. The number of hydrogen-bond acceptors (Lipinski definition) is 20. The molecule has 12 N–H and O–H groups in total. The molecule has 38 nitrogen and oxygen atoms in total. The topological polar surface area (TPSA) is 508 Å². The van der Waals surface area contributed by atoms with Crippen molar-refractivity contribution in [1.82, 2.24) is 52.6 Å². The number of nitrogen functional groups attached to an aromatic ring is 3. The molecular weight excluding hydrogens is 1940 g/mol. The first-order valence-electron chi connectivity index (χ1n) is 41.0. The number of hydrogen-bond donors (Lipinski definition) is 8. The number of rotatable bonds is 19. The fourth-order valence-electron chi connectivity index (χ4n) is 16.9. The van der Waals surface area contributed by atoms with Crippen molar-refractivity contribution in [2.45, 2.75) is 151 Å². The number of piperidine rings is 3. The van der Waals surface area contributed by atoms with Gasteiger partial charge in [0.2, 0.25) is 17.8 Å². The smallest absolute Gasteiger partial charge is 0.775 e. The van der Waals surface area contributed by atoms with E-state index in [9.17, 15) is 8.42 Å². The maximum atomic E-state index is 13.2. The van der Waals surface area contributed by atoms with E-state index in [1.165, 1.54) is 56.9 Å². The van der Waals surface area contributed by atoms with Crippen LogP contribution >= 0.6 is 86.7 Å². The summed E-state index contributed by atoms with van der Waals surface area (Å²) in [5.41, 5.74) is 49.1. The van der Waals surface area contributed by atoms with Crippen LogP contribution in [0.4, 0.5) is 34.9 Å². The molecule has 0 radical (unpaired) electrons. The zero-order valence-corrected chi connectivity index (χ0v) is 83.5. The van der Waals surface area contributed by atoms with E-state index in [1.54, 1.807) is 30.6 Å². The average Bonchev–Trinajstić information content (AvgIpc) is 1.59. The van der Waals surface area contributed by atoms with Gasteiger partial charge >= 0.3 is 29.6 Å². The Hall–Kier alpha value is -9.88. The molecule has 6 aliphatic rings. The van der Waals surface area contributed by atoms with Crippen LogP contribution < -0.4 is 76.6 Å². The maximum Gasteiger partial charge on any atom is 1.00 e. The van der Waals surface area contributed by atoms with Crippen LogP contribution in [0.25, 0.3) is 16.9 Å². The molecular formula is C83H94BrCl4N36NaO2S5. The number of aromatic nitrogens is 9. The van der Waals surface area contributed by atoms with Crippen LogP contribution in [0.2, 0.25) is 15.1 Å². The van der Waals surface area contributed by atoms with Gasteiger partial charge < -0.3 is 50.3 Å². The van der Waals surface area contributed by atoms with Crippen LogP contribution in [0, 0.1) is 27.3 Å². The third kappa shape index (κ3) is 23.4. The minimum Gasteiger partial charge on any atom is -0.775 e. The van der Waals surface area contributed by atoms with Gasteiger partial charge in [-0.15, -0.1) is 17.3 Å². The third-order valence-electron chi connectivity index (χ3n) is 23.5. The number of nitrogens with one attached hydrogen (secondary N) is 4. The first-order chi connectivity index (χ1) is 62.6. The number of nitrogens with two attached hydrogens (primary N) is 4. The van der Waals surface area contributed by atoms with Crippen molar-refractivity contribution in [3.8, 4) is 0 Å². The third-order valence-corrected chi connectivity index (χ3v) is 31.4. The first-order valence-corrected chi connectivity index (χ1v) is 47.3. The van der Waals surface area contributed by atoms with E-state index in [0.717, 1.165) is 156 Å². The zero-order chi connectivity index (χ0) is 91.9. The van der Waals surface area contributed by atoms with Crippen molar-refractivity contribution < 1.29 is 38.0 Å². The number of halogens is 5. The van der Waals surface area contributed by atoms with Crippen LogP contribution in [-0.4, -0.2) is 100 Å². The molecule has 3 aliphatic heterocycles. The summed E-state index contributed by atoms with van der Waals surface area (Å²) in [5.74, 6) is 2.71. The summed E-state index contributed by atoms with van der Waals surface area (Å²) in [6.45, 7) is 17.5. The quantitative estimate of drug-likeness (QED) is 0.0123. The number of benzene rings is 6. The predicted molar refractivity (Wildman–Crippen MR) is 516 cm³/mol. The Labute approximate surface area is 831 Å². The Balaban J connectivity index is 0.000000157. The molecule has 0 unspecified atom stereocenters. The Morgan fingerprint density at radius 3 is 1.12 bits per heavy atom. The Kier molecular flexibility index (Phi) is 34.8. The molecule has 6 aromatic heterocycles. The van der Waals surface area contributed by atoms with Crippen molar-refractivity contribution in [3.05, 3.63) is 236 Å². The fraction of sp³-hybridized carbons (Fsp3) is 0.349. The predicted octanol–water partition coefficient (Wildman–Crippen LogP) is 18.2. The first kappa shape index (κ1) is 101. The molecule has 49 heteroatoms. The van der Waals surface area contributed by atoms with Crippen LogP contribution in [0.3, 0.4) is 0 Å². The number of nitrogens with zero attached hydrogens (tertiary/aromatic N) is 28. The molecule has 6 aromatic carbocycles. The molecule has 0 saturated carbocycles. The average molecular weight is 2030 g/mol. The van der Waals surface area contributed by atoms with Crippen molar-refractivity contribution >= 4 is 173 Å². The van der Waals surface area contributed by atoms with Crippen molar-refractivity contribution in [1.29, 1.82) is 11.1 Å². The van der Waals surface area contributed by atoms with Crippen LogP contribution in [0.15, 0.2) is 296 Å². The summed E-state index contributed by atoms with van der Waals surface area (Å²) >= 11 is 30.2. The number of fused-ring (bicyclic) bond motifs is 6. The normalized spacial score (nSPS) is 18.1. The van der Waals surface area contributed by atoms with Crippen molar-refractivity contribution in [2.75, 3.05) is 71.2 Å². The van der Waals surface area contributed by atoms with Crippen molar-refractivity contribution in [3.63, 3.8) is 0 Å². The standard InChI is InChI=1S/C29H33ClN6OS2.C25H25ClN6S.C23H29N5OS2.C6H5BrClN.ClH.H2N18.Na/c1-28(2,3)39(37)34-25-20-8-5-4-7-19(20)17-29(25)11-14-35(15-12-29)27-33-18-23(26-32-13-16-36(26)27)38-22-10-6-9-21(31)24(22)30;26-21-18(27)6-3-7-19(21)33-20-15-30-24(32-13-10-29-23(20)32)31-11-8-25(9-12-31)14-16-4-1-2-5-17(16)22(25)28;1-22(2,3)31(29)26-19-17-7-5-4-6-16(17)14-23(19)8-11-27(12-9-23)21-25-15-18(30)20-24-10-13-28(20)21;7-4-2-1-3-5(9)6(4)8;;1-3-5-7-9-11-13-15-17-18-16-14-12-10-8-6-4-2;/h4-10,13,16,18,25,34H,11-12,14-15,17,31H2,1-3H3;1-7,10,13,15,22H,8-9,11-12,14,27-28H2;4-7,10,13,15,19,26,30H,8-9,11-12,14H2,1-3H3;1-3H,9H2;1H;1-2H;/q;;;;;;+1/p-1/b;;;;;3-1?,4-2?,7-5+,8-6+,11-9+,12-10+,15-13+,16-14+,18-17+;/t25-,39-;22-;19-,31-;;;;/m111..../s1. The van der Waals surface area contributed by atoms with Gasteiger partial charge in [-0.25, -0.2) is 47.8 Å². The second-order valence-corrected chi connectivity index (χ2v) is 41.9. The van der Waals surface area contributed by atoms with E-state index >= 15 is 0 Å². The molecule has 5 atom stereocenters. The summed E-state index contributed by atoms with van der Waals surface area (Å²) in [6, 6.07) is 43.0. The van der Waals surface area contributed by atoms with Gasteiger partial charge in [0.25, 0.3) is 0 Å². The van der Waals surface area contributed by atoms with Gasteiger partial charge in [-0.1, -0.05) is 149 Å². The molecule has 9 heterocycles. The molecule has 3 aliphatic carbocycles. The molecule has 3 fully saturated rings. The molecule has 18 rings (SSSR count). The summed E-state index contributed by atoms with van der Waals surface area (Å²) in [4.78, 5) is 39.4. The van der Waals surface area contributed by atoms with E-state index in [2.05, 4.69) is 225 Å². The van der Waals surface area contributed by atoms with Gasteiger partial charge in [0, 0.05) is 115 Å². The van der Waals surface area contributed by atoms with Gasteiger partial charge in [-0.3, -0.25) is 13.2 Å². The summed E-state index contributed by atoms with van der Waals surface area (Å²) in [5, 5.41) is 47.3. The van der Waals surface area contributed by atoms with E-state index in [0.29, 0.717) is 37.0 Å². The Morgan fingerprint density at radius 2 is 0.758 bits per heavy atom. The van der Waals surface area contributed by atoms with E-state index < -0.39 is 22.0 Å². The Bertz CT molecular complexity index is 6290. The van der Waals surface area contributed by atoms with E-state index in [1.807, 2.05) is 126 Å². The fourth-order valence-corrected chi connectivity index (χ4v) is 21.9. The van der Waals surface area contributed by atoms with Gasteiger partial charge in [-0.2, -0.15) is 11.1 Å². The van der Waals surface area contributed by atoms with E-state index in [4.69, 9.17) is 91.4 Å². The van der Waals surface area contributed by atoms with Crippen LogP contribution in [-0.2, 0) is 53.9 Å². The van der Waals surface area contributed by atoms with Gasteiger partial charge in [0.15, 0.2) is 11.3 Å². The number of anilines is 6. The van der Waals surface area contributed by atoms with Crippen LogP contribution in [0.1, 0.15) is 132 Å².